The molecule has 1 aliphatic heterocycles. The fourth-order valence-electron chi connectivity index (χ4n) is 6.39. The average Bonchev–Trinajstić information content (AvgIpc) is 3.68. The zero-order valence-electron chi connectivity index (χ0n) is 27.6. The van der Waals surface area contributed by atoms with Gasteiger partial charge in [-0.1, -0.05) is 97.1 Å². The molecule has 0 aliphatic carbocycles. The largest absolute Gasteiger partial charge is 0.438 e. The van der Waals surface area contributed by atoms with Crippen molar-refractivity contribution in [3.63, 3.8) is 0 Å². The van der Waals surface area contributed by atoms with E-state index in [1.54, 1.807) is 0 Å². The van der Waals surface area contributed by atoms with E-state index in [2.05, 4.69) is 154 Å². The van der Waals surface area contributed by atoms with Crippen LogP contribution in [0.2, 0.25) is 0 Å². The Morgan fingerprint density at radius 1 is 0.612 bits per heavy atom. The number of hydrogen-bond acceptors (Lipinski definition) is 5. The van der Waals surface area contributed by atoms with Crippen molar-refractivity contribution in [2.75, 3.05) is 29.6 Å². The topological polar surface area (TPSA) is 53.5 Å². The lowest BCUT2D eigenvalue weighted by Gasteiger charge is -2.19. The van der Waals surface area contributed by atoms with Gasteiger partial charge in [-0.2, -0.15) is 4.57 Å². The number of nitrogens with zero attached hydrogens (tertiary/aromatic N) is 2. The standard InChI is InChI=1S/C43H37N4O2/c1-44-36-19-13-30(14-20-36)28-46-38-25-34(32-9-5-3-6-10-32)17-23-40(38)48-42(46)27-43-47(29-31-15-21-37(45-2)22-16-31)39-26-35(18-24-41(39)49-43)33-11-7-4-8-12-33/h3-27,44-45H,28-29H2,1-2H3/q+1. The molecule has 6 aromatic carbocycles. The van der Waals surface area contributed by atoms with Gasteiger partial charge in [0.25, 0.3) is 5.52 Å². The molecule has 0 saturated carbocycles. The zero-order chi connectivity index (χ0) is 33.2. The fourth-order valence-corrected chi connectivity index (χ4v) is 6.39. The number of oxazole rings is 1. The summed E-state index contributed by atoms with van der Waals surface area (Å²) in [7, 11) is 3.87. The predicted molar refractivity (Wildman–Crippen MR) is 200 cm³/mol. The molecule has 0 radical (unpaired) electrons. The van der Waals surface area contributed by atoms with Gasteiger partial charge in [-0.3, -0.25) is 0 Å². The van der Waals surface area contributed by atoms with Gasteiger partial charge in [0.1, 0.15) is 6.08 Å². The van der Waals surface area contributed by atoms with Crippen LogP contribution < -0.4 is 24.8 Å². The smallest absolute Gasteiger partial charge is 0.379 e. The minimum Gasteiger partial charge on any atom is -0.438 e. The monoisotopic (exact) mass is 641 g/mol. The molecule has 49 heavy (non-hydrogen) atoms. The quantitative estimate of drug-likeness (QED) is 0.154. The van der Waals surface area contributed by atoms with Crippen LogP contribution in [0, 0.1) is 0 Å². The van der Waals surface area contributed by atoms with Gasteiger partial charge in [-0.25, -0.2) is 0 Å². The van der Waals surface area contributed by atoms with Gasteiger partial charge in [0.05, 0.1) is 12.2 Å². The van der Waals surface area contributed by atoms with Gasteiger partial charge < -0.3 is 24.7 Å². The Labute approximate surface area is 286 Å². The molecule has 0 fully saturated rings. The number of ether oxygens (including phenoxy) is 1. The maximum Gasteiger partial charge on any atom is 0.379 e. The van der Waals surface area contributed by atoms with Gasteiger partial charge in [0.2, 0.25) is 11.5 Å². The molecule has 0 unspecified atom stereocenters. The van der Waals surface area contributed by atoms with E-state index in [0.717, 1.165) is 56.2 Å². The Morgan fingerprint density at radius 2 is 1.20 bits per heavy atom. The lowest BCUT2D eigenvalue weighted by molar-refractivity contribution is -0.669. The number of aromatic nitrogens is 1. The fraction of sp³-hybridized carbons (Fsp3) is 0.0930. The number of benzene rings is 6. The molecule has 2 N–H and O–H groups in total. The van der Waals surface area contributed by atoms with Crippen LogP contribution in [-0.2, 0) is 13.1 Å². The second-order valence-corrected chi connectivity index (χ2v) is 12.2. The van der Waals surface area contributed by atoms with Crippen molar-refractivity contribution in [3.8, 4) is 28.0 Å². The lowest BCUT2D eigenvalue weighted by Crippen LogP contribution is -2.36. The average molecular weight is 642 g/mol. The molecule has 7 aromatic rings. The van der Waals surface area contributed by atoms with Gasteiger partial charge in [-0.05, 0) is 70.3 Å². The molecule has 1 aliphatic rings. The second-order valence-electron chi connectivity index (χ2n) is 12.2. The van der Waals surface area contributed by atoms with Crippen molar-refractivity contribution in [2.45, 2.75) is 13.1 Å². The number of nitrogens with one attached hydrogen (secondary N) is 2. The summed E-state index contributed by atoms with van der Waals surface area (Å²) >= 11 is 0. The zero-order valence-corrected chi connectivity index (χ0v) is 27.6. The van der Waals surface area contributed by atoms with Crippen LogP contribution in [-0.4, -0.2) is 14.1 Å². The first kappa shape index (κ1) is 30.1. The maximum atomic E-state index is 6.65. The Hall–Kier alpha value is -6.27. The van der Waals surface area contributed by atoms with E-state index in [1.165, 1.54) is 11.1 Å². The summed E-state index contributed by atoms with van der Waals surface area (Å²) in [6.07, 6.45) is 2.04. The SMILES string of the molecule is CNc1ccc(CN2C(=Cc3oc4ccc(-c5ccccc5)cc4[n+]3Cc3ccc(NC)cc3)Oc3ccc(-c4ccccc4)cc32)cc1. The van der Waals surface area contributed by atoms with Crippen LogP contribution in [0.25, 0.3) is 39.4 Å². The molecule has 240 valence electrons. The van der Waals surface area contributed by atoms with Crippen molar-refractivity contribution < 1.29 is 13.7 Å². The summed E-state index contributed by atoms with van der Waals surface area (Å²) in [4.78, 5) is 2.24. The van der Waals surface area contributed by atoms with Gasteiger partial charge >= 0.3 is 5.89 Å². The number of anilines is 3. The third-order valence-electron chi connectivity index (χ3n) is 9.09. The van der Waals surface area contributed by atoms with Gasteiger partial charge in [0, 0.05) is 37.1 Å². The second kappa shape index (κ2) is 13.1. The number of hydrogen-bond donors (Lipinski definition) is 2. The highest BCUT2D eigenvalue weighted by atomic mass is 16.5. The predicted octanol–water partition coefficient (Wildman–Crippen LogP) is 9.58. The molecule has 0 amide bonds. The molecule has 8 rings (SSSR count). The van der Waals surface area contributed by atoms with Crippen LogP contribution in [0.3, 0.4) is 0 Å². The minimum atomic E-state index is 0.630. The Kier molecular flexibility index (Phi) is 8.04. The van der Waals surface area contributed by atoms with E-state index in [4.69, 9.17) is 9.15 Å². The van der Waals surface area contributed by atoms with Crippen molar-refractivity contribution >= 4 is 34.2 Å². The van der Waals surface area contributed by atoms with Crippen molar-refractivity contribution in [3.05, 3.63) is 168 Å². The summed E-state index contributed by atoms with van der Waals surface area (Å²) in [6, 6.07) is 50.8. The van der Waals surface area contributed by atoms with Crippen molar-refractivity contribution in [1.82, 2.24) is 0 Å². The summed E-state index contributed by atoms with van der Waals surface area (Å²) < 4.78 is 15.5. The highest BCUT2D eigenvalue weighted by Gasteiger charge is 2.31. The van der Waals surface area contributed by atoms with E-state index in [-0.39, 0.29) is 0 Å². The normalized spacial score (nSPS) is 13.0. The molecule has 6 heteroatoms. The first-order chi connectivity index (χ1) is 24.1. The molecule has 0 saturated heterocycles. The number of fused-ring (bicyclic) bond motifs is 2. The molecule has 0 bridgehead atoms. The van der Waals surface area contributed by atoms with Gasteiger partial charge in [0.15, 0.2) is 12.3 Å². The van der Waals surface area contributed by atoms with Gasteiger partial charge in [-0.15, -0.1) is 0 Å². The highest BCUT2D eigenvalue weighted by molar-refractivity contribution is 5.80. The Balaban J connectivity index is 1.25. The third kappa shape index (κ3) is 6.12. The van der Waals surface area contributed by atoms with Crippen molar-refractivity contribution in [2.24, 2.45) is 0 Å². The minimum absolute atomic E-state index is 0.630. The van der Waals surface area contributed by atoms with E-state index < -0.39 is 0 Å². The summed E-state index contributed by atoms with van der Waals surface area (Å²) in [5, 5.41) is 6.44. The molecule has 6 nitrogen and oxygen atoms in total. The first-order valence-electron chi connectivity index (χ1n) is 16.6. The summed E-state index contributed by atoms with van der Waals surface area (Å²) in [6.45, 7) is 1.26. The summed E-state index contributed by atoms with van der Waals surface area (Å²) in [5.74, 6) is 2.23. The highest BCUT2D eigenvalue weighted by Crippen LogP contribution is 2.43. The van der Waals surface area contributed by atoms with E-state index >= 15 is 0 Å². The first-order valence-corrected chi connectivity index (χ1v) is 16.6. The van der Waals surface area contributed by atoms with E-state index in [0.29, 0.717) is 24.9 Å². The molecular weight excluding hydrogens is 604 g/mol. The molecular formula is C43H37N4O2+. The lowest BCUT2D eigenvalue weighted by atomic mass is 10.0. The molecule has 0 atom stereocenters. The summed E-state index contributed by atoms with van der Waals surface area (Å²) in [5.41, 5.74) is 11.9. The molecule has 1 aromatic heterocycles. The Morgan fingerprint density at radius 3 is 1.84 bits per heavy atom. The van der Waals surface area contributed by atoms with Crippen LogP contribution in [0.5, 0.6) is 5.75 Å². The van der Waals surface area contributed by atoms with E-state index in [9.17, 15) is 0 Å². The van der Waals surface area contributed by atoms with Crippen LogP contribution in [0.15, 0.2) is 156 Å². The van der Waals surface area contributed by atoms with Crippen LogP contribution in [0.1, 0.15) is 17.0 Å². The third-order valence-corrected chi connectivity index (χ3v) is 9.09. The maximum absolute atomic E-state index is 6.65. The number of rotatable bonds is 9. The van der Waals surface area contributed by atoms with Crippen molar-refractivity contribution in [1.29, 1.82) is 0 Å². The Bertz CT molecular complexity index is 2260. The van der Waals surface area contributed by atoms with E-state index in [1.807, 2.05) is 32.3 Å². The molecule has 0 spiro atoms. The van der Waals surface area contributed by atoms with Crippen LogP contribution in [0.4, 0.5) is 17.1 Å². The molecule has 2 heterocycles. The van der Waals surface area contributed by atoms with Crippen LogP contribution >= 0.6 is 0 Å².